The quantitative estimate of drug-likeness (QED) is 0.233. The second kappa shape index (κ2) is 10.5. The highest BCUT2D eigenvalue weighted by molar-refractivity contribution is 5.95. The molecule has 1 aromatic heterocycles. The smallest absolute Gasteiger partial charge is 0.238 e. The Hall–Kier alpha value is -4.34. The van der Waals surface area contributed by atoms with Crippen LogP contribution in [-0.2, 0) is 9.53 Å². The van der Waals surface area contributed by atoms with E-state index in [9.17, 15) is 4.79 Å². The molecule has 4 aromatic rings. The minimum atomic E-state index is -0.0683. The Balaban J connectivity index is 1.43. The predicted octanol–water partition coefficient (Wildman–Crippen LogP) is 3.89. The summed E-state index contributed by atoms with van der Waals surface area (Å²) in [6.45, 7) is 3.13. The van der Waals surface area contributed by atoms with Crippen LogP contribution in [0.1, 0.15) is 5.56 Å². The minimum Gasteiger partial charge on any atom is -0.398 e. The van der Waals surface area contributed by atoms with Gasteiger partial charge in [-0.05, 0) is 42.5 Å². The number of carbonyl (C=O) groups excluding carboxylic acids is 1. The Bertz CT molecular complexity index is 1420. The maximum Gasteiger partial charge on any atom is 0.238 e. The fourth-order valence-corrected chi connectivity index (χ4v) is 4.11. The molecule has 5 N–H and O–H groups in total. The fourth-order valence-electron chi connectivity index (χ4n) is 4.11. The first kappa shape index (κ1) is 23.4. The summed E-state index contributed by atoms with van der Waals surface area (Å²) in [5.41, 5.74) is 10.1. The van der Waals surface area contributed by atoms with E-state index in [1.54, 1.807) is 6.07 Å². The lowest BCUT2D eigenvalue weighted by atomic mass is 10.1. The van der Waals surface area contributed by atoms with Crippen molar-refractivity contribution in [3.05, 3.63) is 72.3 Å². The van der Waals surface area contributed by atoms with E-state index < -0.39 is 0 Å². The largest absolute Gasteiger partial charge is 0.398 e. The number of para-hydroxylation sites is 1. The third-order valence-electron chi connectivity index (χ3n) is 5.98. The number of hydrogen-bond acceptors (Lipinski definition) is 8. The van der Waals surface area contributed by atoms with E-state index in [4.69, 9.17) is 25.8 Å². The number of aromatic nitrogens is 2. The Kier molecular flexibility index (Phi) is 6.83. The molecule has 182 valence electrons. The van der Waals surface area contributed by atoms with Crippen LogP contribution in [0.4, 0.5) is 22.9 Å². The van der Waals surface area contributed by atoms with Gasteiger partial charge in [-0.1, -0.05) is 24.3 Å². The van der Waals surface area contributed by atoms with Crippen molar-refractivity contribution in [1.82, 2.24) is 14.9 Å². The Morgan fingerprint density at radius 3 is 2.69 bits per heavy atom. The highest BCUT2D eigenvalue weighted by Crippen LogP contribution is 2.29. The lowest BCUT2D eigenvalue weighted by molar-refractivity contribution is -0.118. The van der Waals surface area contributed by atoms with Gasteiger partial charge in [0.25, 0.3) is 0 Å². The average Bonchev–Trinajstić information content (AvgIpc) is 2.90. The van der Waals surface area contributed by atoms with Crippen molar-refractivity contribution in [2.24, 2.45) is 0 Å². The van der Waals surface area contributed by atoms with Crippen LogP contribution in [0.3, 0.4) is 0 Å². The molecular formula is C27H27N7O2. The van der Waals surface area contributed by atoms with Crippen molar-refractivity contribution in [2.45, 2.75) is 0 Å². The first-order valence-corrected chi connectivity index (χ1v) is 11.7. The summed E-state index contributed by atoms with van der Waals surface area (Å²) < 4.78 is 5.35. The van der Waals surface area contributed by atoms with Crippen LogP contribution in [-0.4, -0.2) is 59.8 Å². The maximum atomic E-state index is 12.6. The van der Waals surface area contributed by atoms with Crippen molar-refractivity contribution in [2.75, 3.05) is 49.2 Å². The molecule has 3 aromatic carbocycles. The molecule has 36 heavy (non-hydrogen) atoms. The minimum absolute atomic E-state index is 0.0683. The van der Waals surface area contributed by atoms with Gasteiger partial charge in [0.15, 0.2) is 5.82 Å². The molecule has 1 aliphatic rings. The summed E-state index contributed by atoms with van der Waals surface area (Å²) in [5, 5.41) is 14.8. The first-order chi connectivity index (χ1) is 17.6. The summed E-state index contributed by atoms with van der Waals surface area (Å²) in [6, 6.07) is 20.7. The first-order valence-electron chi connectivity index (χ1n) is 11.7. The predicted molar refractivity (Wildman–Crippen MR) is 143 cm³/mol. The van der Waals surface area contributed by atoms with Crippen molar-refractivity contribution in [1.29, 1.82) is 5.41 Å². The topological polar surface area (TPSA) is 129 Å². The van der Waals surface area contributed by atoms with Gasteiger partial charge >= 0.3 is 0 Å². The van der Waals surface area contributed by atoms with E-state index >= 15 is 0 Å². The summed E-state index contributed by atoms with van der Waals surface area (Å²) >= 11 is 0. The molecule has 9 nitrogen and oxygen atoms in total. The van der Waals surface area contributed by atoms with Crippen LogP contribution >= 0.6 is 0 Å². The molecule has 1 saturated heterocycles. The molecule has 1 aliphatic heterocycles. The summed E-state index contributed by atoms with van der Waals surface area (Å²) in [7, 11) is 0. The van der Waals surface area contributed by atoms with Gasteiger partial charge in [0.1, 0.15) is 5.82 Å². The molecule has 0 spiro atoms. The van der Waals surface area contributed by atoms with Gasteiger partial charge in [0.2, 0.25) is 5.91 Å². The van der Waals surface area contributed by atoms with Crippen LogP contribution < -0.4 is 16.4 Å². The highest BCUT2D eigenvalue weighted by Gasteiger charge is 2.15. The van der Waals surface area contributed by atoms with Gasteiger partial charge in [-0.15, -0.1) is 0 Å². The van der Waals surface area contributed by atoms with Crippen molar-refractivity contribution >= 4 is 45.9 Å². The summed E-state index contributed by atoms with van der Waals surface area (Å²) in [6.07, 6.45) is 1.23. The average molecular weight is 482 g/mol. The zero-order chi connectivity index (χ0) is 24.9. The molecule has 1 amide bonds. The number of hydrogen-bond donors (Lipinski definition) is 4. The standard InChI is InChI=1S/C27H27N7O2/c28-16-19-15-21(8-9-23(19)29)31-27-22-6-1-2-7-24(22)32-26(33-27)18-4-3-5-20(14-18)30-25(35)17-34-10-12-36-13-11-34/h1-9,14-16,28H,10-13,17,29H2,(H,30,35)(H,31,32,33). The Morgan fingerprint density at radius 1 is 1.03 bits per heavy atom. The summed E-state index contributed by atoms with van der Waals surface area (Å²) in [5.74, 6) is 1.10. The van der Waals surface area contributed by atoms with E-state index in [1.165, 1.54) is 6.21 Å². The van der Waals surface area contributed by atoms with E-state index in [1.807, 2.05) is 60.7 Å². The van der Waals surface area contributed by atoms with E-state index in [0.29, 0.717) is 48.3 Å². The van der Waals surface area contributed by atoms with Crippen LogP contribution in [0.15, 0.2) is 66.7 Å². The molecule has 0 bridgehead atoms. The number of rotatable bonds is 7. The van der Waals surface area contributed by atoms with Gasteiger partial charge in [-0.3, -0.25) is 9.69 Å². The second-order valence-corrected chi connectivity index (χ2v) is 8.54. The Labute approximate surface area is 208 Å². The number of ether oxygens (including phenoxy) is 1. The molecule has 0 unspecified atom stereocenters. The highest BCUT2D eigenvalue weighted by atomic mass is 16.5. The molecule has 0 saturated carbocycles. The zero-order valence-corrected chi connectivity index (χ0v) is 19.7. The maximum absolute atomic E-state index is 12.6. The molecule has 1 fully saturated rings. The van der Waals surface area contributed by atoms with Gasteiger partial charge in [0.05, 0.1) is 25.3 Å². The number of nitrogens with one attached hydrogen (secondary N) is 3. The molecule has 0 aliphatic carbocycles. The third-order valence-corrected chi connectivity index (χ3v) is 5.98. The Morgan fingerprint density at radius 2 is 1.86 bits per heavy atom. The van der Waals surface area contributed by atoms with Crippen molar-refractivity contribution < 1.29 is 9.53 Å². The van der Waals surface area contributed by atoms with Crippen LogP contribution in [0.5, 0.6) is 0 Å². The van der Waals surface area contributed by atoms with Gasteiger partial charge in [-0.25, -0.2) is 9.97 Å². The normalized spacial score (nSPS) is 13.9. The van der Waals surface area contributed by atoms with E-state index in [0.717, 1.165) is 35.2 Å². The molecule has 2 heterocycles. The molecule has 0 radical (unpaired) electrons. The number of nitrogen functional groups attached to an aromatic ring is 1. The van der Waals surface area contributed by atoms with E-state index in [-0.39, 0.29) is 5.91 Å². The van der Waals surface area contributed by atoms with Crippen molar-refractivity contribution in [3.8, 4) is 11.4 Å². The molecule has 9 heteroatoms. The lowest BCUT2D eigenvalue weighted by Crippen LogP contribution is -2.41. The molecule has 0 atom stereocenters. The summed E-state index contributed by atoms with van der Waals surface area (Å²) in [4.78, 5) is 24.2. The van der Waals surface area contributed by atoms with Gasteiger partial charge in [-0.2, -0.15) is 0 Å². The number of fused-ring (bicyclic) bond motifs is 1. The monoisotopic (exact) mass is 481 g/mol. The number of nitrogens with two attached hydrogens (primary N) is 1. The number of benzene rings is 3. The van der Waals surface area contributed by atoms with E-state index in [2.05, 4.69) is 15.5 Å². The van der Waals surface area contributed by atoms with Gasteiger partial charge < -0.3 is 26.5 Å². The lowest BCUT2D eigenvalue weighted by Gasteiger charge is -2.25. The molecular weight excluding hydrogens is 454 g/mol. The number of amides is 1. The number of nitrogens with zero attached hydrogens (tertiary/aromatic N) is 3. The number of carbonyl (C=O) groups is 1. The van der Waals surface area contributed by atoms with Gasteiger partial charge in [0, 0.05) is 52.9 Å². The number of anilines is 4. The zero-order valence-electron chi connectivity index (χ0n) is 19.7. The number of morpholine rings is 1. The van der Waals surface area contributed by atoms with Crippen LogP contribution in [0, 0.1) is 5.41 Å². The van der Waals surface area contributed by atoms with Crippen LogP contribution in [0.25, 0.3) is 22.3 Å². The fraction of sp³-hybridized carbons (Fsp3) is 0.185. The van der Waals surface area contributed by atoms with Crippen LogP contribution in [0.2, 0.25) is 0 Å². The van der Waals surface area contributed by atoms with Crippen molar-refractivity contribution in [3.63, 3.8) is 0 Å². The third kappa shape index (κ3) is 5.32. The SMILES string of the molecule is N=Cc1cc(Nc2nc(-c3cccc(NC(=O)CN4CCOCC4)c3)nc3ccccc23)ccc1N. The molecule has 5 rings (SSSR count). The second-order valence-electron chi connectivity index (χ2n) is 8.54.